The molecule has 0 bridgehead atoms. The summed E-state index contributed by atoms with van der Waals surface area (Å²) in [5, 5.41) is 2.84. The third-order valence-electron chi connectivity index (χ3n) is 7.22. The van der Waals surface area contributed by atoms with Crippen LogP contribution in [0.15, 0.2) is 54.6 Å². The maximum absolute atomic E-state index is 13.9. The molecule has 33 heavy (non-hydrogen) atoms. The van der Waals surface area contributed by atoms with E-state index in [9.17, 15) is 19.2 Å². The van der Waals surface area contributed by atoms with Gasteiger partial charge in [-0.05, 0) is 24.1 Å². The zero-order valence-electron chi connectivity index (χ0n) is 18.5. The smallest absolute Gasteiger partial charge is 0.307 e. The second-order valence-corrected chi connectivity index (χ2v) is 8.78. The molecule has 3 amide bonds. The lowest BCUT2D eigenvalue weighted by Gasteiger charge is -2.45. The van der Waals surface area contributed by atoms with Crippen LogP contribution in [0, 0.1) is 18.8 Å². The quantitative estimate of drug-likeness (QED) is 0.565. The Balaban J connectivity index is 1.72. The first kappa shape index (κ1) is 21.3. The van der Waals surface area contributed by atoms with Crippen molar-refractivity contribution >= 4 is 29.4 Å². The molecule has 0 saturated carbocycles. The summed E-state index contributed by atoms with van der Waals surface area (Å²) in [6.45, 7) is 2.62. The van der Waals surface area contributed by atoms with E-state index in [0.29, 0.717) is 18.8 Å². The molecule has 1 N–H and O–H groups in total. The van der Waals surface area contributed by atoms with Crippen LogP contribution in [0.3, 0.4) is 0 Å². The van der Waals surface area contributed by atoms with Crippen molar-refractivity contribution in [1.82, 2.24) is 10.2 Å². The number of carbonyl (C=O) groups excluding carboxylic acids is 4. The number of piperazine rings is 1. The zero-order chi connectivity index (χ0) is 23.3. The molecular weight excluding hydrogens is 422 g/mol. The van der Waals surface area contributed by atoms with Gasteiger partial charge in [-0.25, -0.2) is 4.90 Å². The van der Waals surface area contributed by atoms with Gasteiger partial charge in [0.2, 0.25) is 17.7 Å². The molecule has 3 saturated heterocycles. The molecule has 0 spiro atoms. The number of hydrogen-bond acceptors (Lipinski definition) is 6. The Hall–Kier alpha value is -3.52. The standard InChI is InChI=1S/C25H25N3O5/c1-15-8-6-7-11-17(15)28-22(30)19-20(23(28)31)25(14-18(29)33-2)24(32)26-12-13-27(25)21(19)16-9-4-3-5-10-16/h3-11,19-21H,12-14H2,1-2H3,(H,26,32)/t19-,20-,21-,25+/m1/s1. The number of esters is 1. The summed E-state index contributed by atoms with van der Waals surface area (Å²) in [6.07, 6.45) is -0.305. The molecule has 0 aromatic heterocycles. The van der Waals surface area contributed by atoms with Gasteiger partial charge in [-0.1, -0.05) is 48.5 Å². The number of hydrogen-bond donors (Lipinski definition) is 1. The van der Waals surface area contributed by atoms with E-state index in [1.54, 1.807) is 12.1 Å². The molecular formula is C25H25N3O5. The van der Waals surface area contributed by atoms with Gasteiger partial charge in [-0.2, -0.15) is 0 Å². The van der Waals surface area contributed by atoms with E-state index in [0.717, 1.165) is 11.1 Å². The second kappa shape index (κ2) is 7.81. The van der Waals surface area contributed by atoms with Crippen molar-refractivity contribution in [2.45, 2.75) is 24.9 Å². The molecule has 0 radical (unpaired) electrons. The lowest BCUT2D eigenvalue weighted by atomic mass is 9.76. The third kappa shape index (κ3) is 2.94. The lowest BCUT2D eigenvalue weighted by Crippen LogP contribution is -2.67. The summed E-state index contributed by atoms with van der Waals surface area (Å²) in [6, 6.07) is 16.1. The van der Waals surface area contributed by atoms with Crippen molar-refractivity contribution < 1.29 is 23.9 Å². The van der Waals surface area contributed by atoms with Gasteiger partial charge in [0, 0.05) is 19.1 Å². The Labute approximate surface area is 191 Å². The highest BCUT2D eigenvalue weighted by Crippen LogP contribution is 2.57. The summed E-state index contributed by atoms with van der Waals surface area (Å²) < 4.78 is 4.93. The molecule has 8 nitrogen and oxygen atoms in total. The molecule has 5 rings (SSSR count). The number of fused-ring (bicyclic) bond motifs is 3. The fourth-order valence-corrected chi connectivity index (χ4v) is 5.86. The number of aryl methyl sites for hydroxylation is 1. The number of benzene rings is 2. The van der Waals surface area contributed by atoms with Crippen molar-refractivity contribution in [2.75, 3.05) is 25.1 Å². The van der Waals surface area contributed by atoms with E-state index in [1.807, 2.05) is 54.3 Å². The molecule has 3 aliphatic heterocycles. The summed E-state index contributed by atoms with van der Waals surface area (Å²) in [7, 11) is 1.26. The second-order valence-electron chi connectivity index (χ2n) is 8.78. The fourth-order valence-electron chi connectivity index (χ4n) is 5.86. The molecule has 0 aliphatic carbocycles. The van der Waals surface area contributed by atoms with Gasteiger partial charge in [0.05, 0.1) is 31.1 Å². The Morgan fingerprint density at radius 2 is 1.76 bits per heavy atom. The first-order chi connectivity index (χ1) is 15.9. The molecule has 0 unspecified atom stereocenters. The van der Waals surface area contributed by atoms with Crippen LogP contribution in [0.2, 0.25) is 0 Å². The van der Waals surface area contributed by atoms with Gasteiger partial charge in [-0.3, -0.25) is 24.1 Å². The van der Waals surface area contributed by atoms with Gasteiger partial charge in [0.1, 0.15) is 5.54 Å². The van der Waals surface area contributed by atoms with Crippen LogP contribution in [-0.4, -0.2) is 54.3 Å². The largest absolute Gasteiger partial charge is 0.469 e. The average Bonchev–Trinajstić information content (AvgIpc) is 3.26. The van der Waals surface area contributed by atoms with E-state index in [1.165, 1.54) is 12.0 Å². The zero-order valence-corrected chi connectivity index (χ0v) is 18.5. The first-order valence-electron chi connectivity index (χ1n) is 11.0. The van der Waals surface area contributed by atoms with Crippen LogP contribution in [0.5, 0.6) is 0 Å². The fraction of sp³-hybridized carbons (Fsp3) is 0.360. The van der Waals surface area contributed by atoms with Gasteiger partial charge in [0.25, 0.3) is 0 Å². The topological polar surface area (TPSA) is 96.0 Å². The monoisotopic (exact) mass is 447 g/mol. The van der Waals surface area contributed by atoms with Crippen molar-refractivity contribution in [3.05, 3.63) is 65.7 Å². The van der Waals surface area contributed by atoms with E-state index in [4.69, 9.17) is 4.74 Å². The van der Waals surface area contributed by atoms with Crippen molar-refractivity contribution in [1.29, 1.82) is 0 Å². The Morgan fingerprint density at radius 1 is 1.06 bits per heavy atom. The molecule has 3 fully saturated rings. The number of anilines is 1. The van der Waals surface area contributed by atoms with Crippen LogP contribution in [0.4, 0.5) is 5.69 Å². The normalized spacial score (nSPS) is 29.0. The molecule has 2 aromatic rings. The third-order valence-corrected chi connectivity index (χ3v) is 7.22. The minimum atomic E-state index is -1.50. The number of imide groups is 1. The summed E-state index contributed by atoms with van der Waals surface area (Å²) in [5.41, 5.74) is 0.620. The number of carbonyl (C=O) groups is 4. The molecule has 170 valence electrons. The van der Waals surface area contributed by atoms with Gasteiger partial charge in [-0.15, -0.1) is 0 Å². The van der Waals surface area contributed by atoms with Crippen LogP contribution >= 0.6 is 0 Å². The molecule has 3 heterocycles. The van der Waals surface area contributed by atoms with Crippen LogP contribution in [0.1, 0.15) is 23.6 Å². The van der Waals surface area contributed by atoms with Crippen molar-refractivity contribution in [3.63, 3.8) is 0 Å². The van der Waals surface area contributed by atoms with Crippen molar-refractivity contribution in [3.8, 4) is 0 Å². The minimum absolute atomic E-state index is 0.305. The first-order valence-corrected chi connectivity index (χ1v) is 11.0. The number of para-hydroxylation sites is 1. The number of nitrogens with zero attached hydrogens (tertiary/aromatic N) is 2. The van der Waals surface area contributed by atoms with E-state index < -0.39 is 41.2 Å². The summed E-state index contributed by atoms with van der Waals surface area (Å²) in [5.74, 6) is -3.62. The predicted molar refractivity (Wildman–Crippen MR) is 119 cm³/mol. The van der Waals surface area contributed by atoms with Gasteiger partial charge in [0.15, 0.2) is 0 Å². The minimum Gasteiger partial charge on any atom is -0.469 e. The molecule has 4 atom stereocenters. The average molecular weight is 447 g/mol. The maximum atomic E-state index is 13.9. The number of rotatable bonds is 4. The predicted octanol–water partition coefficient (Wildman–Crippen LogP) is 1.59. The van der Waals surface area contributed by atoms with E-state index in [-0.39, 0.29) is 12.3 Å². The van der Waals surface area contributed by atoms with Crippen LogP contribution < -0.4 is 10.2 Å². The molecule has 8 heteroatoms. The maximum Gasteiger partial charge on any atom is 0.307 e. The van der Waals surface area contributed by atoms with E-state index in [2.05, 4.69) is 5.32 Å². The Kier molecular flexibility index (Phi) is 5.05. The summed E-state index contributed by atoms with van der Waals surface area (Å²) in [4.78, 5) is 57.0. The lowest BCUT2D eigenvalue weighted by molar-refractivity contribution is -0.154. The Bertz CT molecular complexity index is 1150. The van der Waals surface area contributed by atoms with Crippen LogP contribution in [-0.2, 0) is 23.9 Å². The van der Waals surface area contributed by atoms with Gasteiger partial charge >= 0.3 is 5.97 Å². The Morgan fingerprint density at radius 3 is 2.45 bits per heavy atom. The van der Waals surface area contributed by atoms with Crippen molar-refractivity contribution in [2.24, 2.45) is 11.8 Å². The summed E-state index contributed by atoms with van der Waals surface area (Å²) >= 11 is 0. The molecule has 3 aliphatic rings. The number of amides is 3. The number of methoxy groups -OCH3 is 1. The SMILES string of the molecule is COC(=O)C[C@]12C(=O)NCCN1[C@H](c1ccccc1)[C@@H]1C(=O)N(c3ccccc3C)C(=O)[C@@H]12. The highest BCUT2D eigenvalue weighted by molar-refractivity contribution is 6.25. The highest BCUT2D eigenvalue weighted by atomic mass is 16.5. The van der Waals surface area contributed by atoms with E-state index >= 15 is 0 Å². The highest BCUT2D eigenvalue weighted by Gasteiger charge is 2.73. The number of nitrogens with one attached hydrogen (secondary N) is 1. The van der Waals surface area contributed by atoms with Crippen LogP contribution in [0.25, 0.3) is 0 Å². The number of ether oxygens (including phenoxy) is 1. The van der Waals surface area contributed by atoms with Gasteiger partial charge < -0.3 is 10.1 Å². The molecule has 2 aromatic carbocycles.